The first-order valence-electron chi connectivity index (χ1n) is 13.1. The van der Waals surface area contributed by atoms with Crippen LogP contribution in [0.5, 0.6) is 11.5 Å². The summed E-state index contributed by atoms with van der Waals surface area (Å²) < 4.78 is 27.7. The number of aromatic nitrogens is 3. The first-order chi connectivity index (χ1) is 19.1. The van der Waals surface area contributed by atoms with Crippen LogP contribution in [0, 0.1) is 5.82 Å². The zero-order valence-electron chi connectivity index (χ0n) is 21.3. The standard InChI is InChI=1S/C29H28FN5O4/c30-22-10-4-3-9-21(22)28(29(37)31-20-7-1-2-8-20)34(16-19-13-14-25-26(15-19)39-18-38-25)27(36)17-35-24-12-6-5-11-23(24)32-33-35/h3-6,9-15,20,28H,1-2,7-8,16-18H2,(H,31,37)/t28-/m1/s1. The molecule has 1 aliphatic heterocycles. The van der Waals surface area contributed by atoms with Gasteiger partial charge in [0.25, 0.3) is 0 Å². The lowest BCUT2D eigenvalue weighted by Crippen LogP contribution is -2.47. The molecule has 2 heterocycles. The zero-order chi connectivity index (χ0) is 26.8. The second-order valence-corrected chi connectivity index (χ2v) is 9.86. The van der Waals surface area contributed by atoms with Crippen molar-refractivity contribution in [3.8, 4) is 11.5 Å². The molecule has 0 unspecified atom stereocenters. The number of nitrogens with zero attached hydrogens (tertiary/aromatic N) is 4. The number of carbonyl (C=O) groups is 2. The van der Waals surface area contributed by atoms with E-state index in [-0.39, 0.29) is 31.5 Å². The summed E-state index contributed by atoms with van der Waals surface area (Å²) in [6, 6.07) is 17.6. The monoisotopic (exact) mass is 529 g/mol. The van der Waals surface area contributed by atoms with E-state index in [0.29, 0.717) is 28.1 Å². The first kappa shape index (κ1) is 24.8. The lowest BCUT2D eigenvalue weighted by Gasteiger charge is -2.32. The quantitative estimate of drug-likeness (QED) is 0.369. The maximum atomic E-state index is 15.3. The summed E-state index contributed by atoms with van der Waals surface area (Å²) in [5, 5.41) is 11.4. The minimum Gasteiger partial charge on any atom is -0.454 e. The van der Waals surface area contributed by atoms with E-state index in [9.17, 15) is 9.59 Å². The normalized spacial score (nSPS) is 15.4. The molecule has 0 saturated heterocycles. The number of hydrogen-bond acceptors (Lipinski definition) is 6. The lowest BCUT2D eigenvalue weighted by molar-refractivity contribution is -0.142. The minimum absolute atomic E-state index is 0.00599. The van der Waals surface area contributed by atoms with Gasteiger partial charge in [-0.05, 0) is 48.7 Å². The van der Waals surface area contributed by atoms with Crippen molar-refractivity contribution >= 4 is 22.8 Å². The molecule has 4 aromatic rings. The van der Waals surface area contributed by atoms with Crippen LogP contribution in [0.1, 0.15) is 42.9 Å². The van der Waals surface area contributed by atoms with Crippen LogP contribution in [0.3, 0.4) is 0 Å². The molecule has 1 aromatic heterocycles. The largest absolute Gasteiger partial charge is 0.454 e. The Bertz CT molecular complexity index is 1520. The molecule has 0 bridgehead atoms. The molecule has 200 valence electrons. The van der Waals surface area contributed by atoms with Gasteiger partial charge in [0, 0.05) is 18.2 Å². The van der Waals surface area contributed by atoms with Gasteiger partial charge in [0.05, 0.1) is 5.52 Å². The summed E-state index contributed by atoms with van der Waals surface area (Å²) in [5.41, 5.74) is 2.18. The van der Waals surface area contributed by atoms with Crippen molar-refractivity contribution in [1.29, 1.82) is 0 Å². The predicted molar refractivity (Wildman–Crippen MR) is 140 cm³/mol. The SMILES string of the molecule is O=C(NC1CCCC1)[C@@H](c1ccccc1F)N(Cc1ccc2c(c1)OCO2)C(=O)Cn1nnc2ccccc21. The van der Waals surface area contributed by atoms with Gasteiger partial charge in [-0.1, -0.05) is 54.5 Å². The van der Waals surface area contributed by atoms with Crippen LogP contribution in [0.15, 0.2) is 66.7 Å². The van der Waals surface area contributed by atoms with E-state index in [1.54, 1.807) is 30.3 Å². The topological polar surface area (TPSA) is 98.6 Å². The molecule has 2 aliphatic rings. The summed E-state index contributed by atoms with van der Waals surface area (Å²) in [5.74, 6) is -0.211. The van der Waals surface area contributed by atoms with Gasteiger partial charge in [0.1, 0.15) is 23.9 Å². The number of amides is 2. The molecule has 0 spiro atoms. The van der Waals surface area contributed by atoms with Gasteiger partial charge in [-0.2, -0.15) is 0 Å². The fourth-order valence-corrected chi connectivity index (χ4v) is 5.31. The van der Waals surface area contributed by atoms with Gasteiger partial charge in [0.2, 0.25) is 18.6 Å². The van der Waals surface area contributed by atoms with Gasteiger partial charge in [0.15, 0.2) is 11.5 Å². The molecule has 0 radical (unpaired) electrons. The Morgan fingerprint density at radius 3 is 2.64 bits per heavy atom. The molecular formula is C29H28FN5O4. The number of benzene rings is 3. The molecular weight excluding hydrogens is 501 g/mol. The van der Waals surface area contributed by atoms with E-state index in [4.69, 9.17) is 9.47 Å². The van der Waals surface area contributed by atoms with Gasteiger partial charge in [-0.3, -0.25) is 9.59 Å². The van der Waals surface area contributed by atoms with Crippen LogP contribution >= 0.6 is 0 Å². The molecule has 1 atom stereocenters. The van der Waals surface area contributed by atoms with E-state index in [1.165, 1.54) is 15.6 Å². The minimum atomic E-state index is -1.19. The van der Waals surface area contributed by atoms with Crippen molar-refractivity contribution in [3.05, 3.63) is 83.7 Å². The molecule has 9 nitrogen and oxygen atoms in total. The van der Waals surface area contributed by atoms with E-state index < -0.39 is 23.7 Å². The second-order valence-electron chi connectivity index (χ2n) is 9.86. The van der Waals surface area contributed by atoms with Crippen LogP contribution in [-0.2, 0) is 22.7 Å². The van der Waals surface area contributed by atoms with Gasteiger partial charge in [-0.25, -0.2) is 9.07 Å². The highest BCUT2D eigenvalue weighted by atomic mass is 19.1. The third-order valence-electron chi connectivity index (χ3n) is 7.28. The van der Waals surface area contributed by atoms with Gasteiger partial charge >= 0.3 is 0 Å². The average Bonchev–Trinajstić information content (AvgIpc) is 3.71. The number of halogens is 1. The lowest BCUT2D eigenvalue weighted by atomic mass is 10.0. The Hall–Kier alpha value is -4.47. The maximum absolute atomic E-state index is 15.3. The van der Waals surface area contributed by atoms with Crippen molar-refractivity contribution in [3.63, 3.8) is 0 Å². The van der Waals surface area contributed by atoms with Crippen LogP contribution in [-0.4, -0.2) is 44.5 Å². The number of nitrogens with one attached hydrogen (secondary N) is 1. The van der Waals surface area contributed by atoms with Gasteiger partial charge in [-0.15, -0.1) is 5.10 Å². The van der Waals surface area contributed by atoms with Crippen molar-refractivity contribution < 1.29 is 23.5 Å². The van der Waals surface area contributed by atoms with E-state index in [1.807, 2.05) is 30.3 Å². The maximum Gasteiger partial charge on any atom is 0.247 e. The highest BCUT2D eigenvalue weighted by Gasteiger charge is 2.35. The molecule has 3 aromatic carbocycles. The van der Waals surface area contributed by atoms with Crippen LogP contribution < -0.4 is 14.8 Å². The zero-order valence-corrected chi connectivity index (χ0v) is 21.3. The number of fused-ring (bicyclic) bond motifs is 2. The number of ether oxygens (including phenoxy) is 2. The molecule has 2 amide bonds. The molecule has 1 N–H and O–H groups in total. The number of hydrogen-bond donors (Lipinski definition) is 1. The Kier molecular flexibility index (Phi) is 6.83. The average molecular weight is 530 g/mol. The summed E-state index contributed by atoms with van der Waals surface area (Å²) in [4.78, 5) is 29.3. The fourth-order valence-electron chi connectivity index (χ4n) is 5.31. The molecule has 1 aliphatic carbocycles. The van der Waals surface area contributed by atoms with E-state index in [2.05, 4.69) is 15.6 Å². The second kappa shape index (κ2) is 10.7. The smallest absolute Gasteiger partial charge is 0.247 e. The Morgan fingerprint density at radius 2 is 1.79 bits per heavy atom. The predicted octanol–water partition coefficient (Wildman–Crippen LogP) is 4.13. The Balaban J connectivity index is 1.39. The summed E-state index contributed by atoms with van der Waals surface area (Å²) >= 11 is 0. The van der Waals surface area contributed by atoms with Gasteiger partial charge < -0.3 is 19.7 Å². The van der Waals surface area contributed by atoms with Crippen molar-refractivity contribution in [2.75, 3.05) is 6.79 Å². The van der Waals surface area contributed by atoms with E-state index in [0.717, 1.165) is 25.7 Å². The van der Waals surface area contributed by atoms with Crippen molar-refractivity contribution in [1.82, 2.24) is 25.2 Å². The highest BCUT2D eigenvalue weighted by molar-refractivity contribution is 5.89. The molecule has 1 saturated carbocycles. The molecule has 10 heteroatoms. The molecule has 1 fully saturated rings. The van der Waals surface area contributed by atoms with E-state index >= 15 is 4.39 Å². The Morgan fingerprint density at radius 1 is 1.03 bits per heavy atom. The van der Waals surface area contributed by atoms with Crippen molar-refractivity contribution in [2.24, 2.45) is 0 Å². The fraction of sp³-hybridized carbons (Fsp3) is 0.310. The highest BCUT2D eigenvalue weighted by Crippen LogP contribution is 2.34. The summed E-state index contributed by atoms with van der Waals surface area (Å²) in [6.45, 7) is -0.0195. The molecule has 39 heavy (non-hydrogen) atoms. The third-order valence-corrected chi connectivity index (χ3v) is 7.28. The number of para-hydroxylation sites is 1. The third kappa shape index (κ3) is 5.14. The first-order valence-corrected chi connectivity index (χ1v) is 13.1. The van der Waals surface area contributed by atoms with Crippen LogP contribution in [0.2, 0.25) is 0 Å². The Labute approximate surface area is 224 Å². The number of carbonyl (C=O) groups excluding carboxylic acids is 2. The number of rotatable bonds is 8. The summed E-state index contributed by atoms with van der Waals surface area (Å²) in [6.07, 6.45) is 3.76. The summed E-state index contributed by atoms with van der Waals surface area (Å²) in [7, 11) is 0. The molecule has 6 rings (SSSR count). The van der Waals surface area contributed by atoms with Crippen LogP contribution in [0.25, 0.3) is 11.0 Å². The van der Waals surface area contributed by atoms with Crippen LogP contribution in [0.4, 0.5) is 4.39 Å². The van der Waals surface area contributed by atoms with Crippen molar-refractivity contribution in [2.45, 2.75) is 50.9 Å².